The topological polar surface area (TPSA) is 132 Å². The van der Waals surface area contributed by atoms with Gasteiger partial charge in [-0.1, -0.05) is 6.07 Å². The molecule has 8 nitrogen and oxygen atoms in total. The number of benzene rings is 1. The summed E-state index contributed by atoms with van der Waals surface area (Å²) in [6.45, 7) is -0.532. The second-order valence-corrected chi connectivity index (χ2v) is 7.52. The molecular formula is C19H19NO7S. The zero-order valence-electron chi connectivity index (χ0n) is 14.6. The first-order chi connectivity index (χ1) is 13.5. The minimum Gasteiger partial charge on any atom is -0.422 e. The molecular weight excluding hydrogens is 386 g/mol. The second kappa shape index (κ2) is 7.63. The molecule has 0 aliphatic carbocycles. The Morgan fingerprint density at radius 2 is 1.93 bits per heavy atom. The third-order valence-corrected chi connectivity index (χ3v) is 5.66. The van der Waals surface area contributed by atoms with Gasteiger partial charge >= 0.3 is 5.63 Å². The number of hydrogen-bond donors (Lipinski definition) is 5. The molecule has 1 saturated heterocycles. The molecule has 2 aromatic heterocycles. The van der Waals surface area contributed by atoms with Crippen LogP contribution >= 0.6 is 11.3 Å². The molecule has 1 aromatic carbocycles. The van der Waals surface area contributed by atoms with Crippen molar-refractivity contribution in [1.82, 2.24) is 0 Å². The Morgan fingerprint density at radius 1 is 1.11 bits per heavy atom. The Hall–Kier alpha value is -2.27. The number of aliphatic hydroxyl groups excluding tert-OH is 4. The number of rotatable bonds is 4. The van der Waals surface area contributed by atoms with Gasteiger partial charge in [-0.3, -0.25) is 0 Å². The van der Waals surface area contributed by atoms with Crippen LogP contribution in [0.3, 0.4) is 0 Å². The fourth-order valence-corrected chi connectivity index (χ4v) is 3.98. The predicted octanol–water partition coefficient (Wildman–Crippen LogP) is 0.733. The molecule has 4 rings (SSSR count). The fraction of sp³-hybridized carbons (Fsp3) is 0.316. The third-order valence-electron chi connectivity index (χ3n) is 4.76. The van der Waals surface area contributed by atoms with Gasteiger partial charge in [-0.25, -0.2) is 4.79 Å². The van der Waals surface area contributed by atoms with Crippen molar-refractivity contribution in [2.45, 2.75) is 30.6 Å². The lowest BCUT2D eigenvalue weighted by molar-refractivity contribution is -0.245. The van der Waals surface area contributed by atoms with Gasteiger partial charge in [-0.05, 0) is 29.6 Å². The van der Waals surface area contributed by atoms with E-state index in [2.05, 4.69) is 5.32 Å². The van der Waals surface area contributed by atoms with E-state index < -0.39 is 42.9 Å². The summed E-state index contributed by atoms with van der Waals surface area (Å²) in [4.78, 5) is 13.1. The van der Waals surface area contributed by atoms with Gasteiger partial charge in [0.05, 0.1) is 12.2 Å². The largest absolute Gasteiger partial charge is 0.422 e. The highest BCUT2D eigenvalue weighted by atomic mass is 32.1. The lowest BCUT2D eigenvalue weighted by Crippen LogP contribution is -2.61. The molecule has 1 aliphatic heterocycles. The number of anilines is 1. The molecule has 3 aromatic rings. The van der Waals surface area contributed by atoms with Crippen LogP contribution in [0, 0.1) is 0 Å². The van der Waals surface area contributed by atoms with Crippen LogP contribution in [-0.4, -0.2) is 57.7 Å². The van der Waals surface area contributed by atoms with Crippen LogP contribution < -0.4 is 10.9 Å². The van der Waals surface area contributed by atoms with Crippen molar-refractivity contribution in [2.75, 3.05) is 11.9 Å². The Bertz CT molecular complexity index is 1020. The van der Waals surface area contributed by atoms with Crippen molar-refractivity contribution >= 4 is 28.0 Å². The summed E-state index contributed by atoms with van der Waals surface area (Å²) in [5.41, 5.74) is 0.813. The van der Waals surface area contributed by atoms with Crippen molar-refractivity contribution in [3.05, 3.63) is 52.2 Å². The van der Waals surface area contributed by atoms with E-state index in [9.17, 15) is 20.1 Å². The van der Waals surface area contributed by atoms with Gasteiger partial charge in [0.1, 0.15) is 29.9 Å². The normalized spacial score (nSPS) is 27.8. The molecule has 0 radical (unpaired) electrons. The van der Waals surface area contributed by atoms with Crippen molar-refractivity contribution in [3.8, 4) is 10.4 Å². The summed E-state index contributed by atoms with van der Waals surface area (Å²) >= 11 is 1.44. The molecule has 148 valence electrons. The highest BCUT2D eigenvalue weighted by Gasteiger charge is 2.43. The van der Waals surface area contributed by atoms with Crippen LogP contribution in [0.1, 0.15) is 0 Å². The van der Waals surface area contributed by atoms with Crippen molar-refractivity contribution in [2.24, 2.45) is 0 Å². The molecule has 9 heteroatoms. The van der Waals surface area contributed by atoms with Crippen LogP contribution in [-0.2, 0) is 4.74 Å². The van der Waals surface area contributed by atoms with Crippen LogP contribution in [0.2, 0.25) is 0 Å². The molecule has 1 fully saturated rings. The number of thiophene rings is 1. The predicted molar refractivity (Wildman–Crippen MR) is 103 cm³/mol. The average molecular weight is 405 g/mol. The second-order valence-electron chi connectivity index (χ2n) is 6.58. The maximum Gasteiger partial charge on any atom is 0.345 e. The molecule has 5 N–H and O–H groups in total. The average Bonchev–Trinajstić information content (AvgIpc) is 3.22. The Morgan fingerprint density at radius 3 is 2.64 bits per heavy atom. The zero-order chi connectivity index (χ0) is 19.8. The Balaban J connectivity index is 1.62. The van der Waals surface area contributed by atoms with Crippen LogP contribution in [0.25, 0.3) is 21.4 Å². The van der Waals surface area contributed by atoms with Crippen LogP contribution in [0.15, 0.2) is 51.0 Å². The fourth-order valence-electron chi connectivity index (χ4n) is 3.25. The molecule has 0 bridgehead atoms. The first kappa shape index (κ1) is 19.1. The number of aliphatic hydroxyl groups is 4. The molecule has 2 unspecified atom stereocenters. The number of ether oxygens (including phenoxy) is 1. The highest BCUT2D eigenvalue weighted by molar-refractivity contribution is 7.13. The standard InChI is InChI=1S/C19H19NO7S/c21-8-13-16(22)17(23)15(19(25)27-13)20-10-4-3-9-6-11(14-2-1-5-28-14)18(24)26-12(9)7-10/h1-7,13,15-17,19-23,25H,8H2/t13?,15?,16-,17-,19-/m0/s1. The monoisotopic (exact) mass is 405 g/mol. The lowest BCUT2D eigenvalue weighted by Gasteiger charge is -2.40. The minimum atomic E-state index is -1.44. The highest BCUT2D eigenvalue weighted by Crippen LogP contribution is 2.28. The first-order valence-corrected chi connectivity index (χ1v) is 9.55. The van der Waals surface area contributed by atoms with E-state index in [1.165, 1.54) is 11.3 Å². The maximum atomic E-state index is 12.3. The zero-order valence-corrected chi connectivity index (χ0v) is 15.4. The number of nitrogens with one attached hydrogen (secondary N) is 1. The third kappa shape index (κ3) is 3.44. The smallest absolute Gasteiger partial charge is 0.345 e. The Kier molecular flexibility index (Phi) is 5.19. The molecule has 1 aliphatic rings. The quantitative estimate of drug-likeness (QED) is 0.402. The molecule has 28 heavy (non-hydrogen) atoms. The van der Waals surface area contributed by atoms with E-state index in [0.29, 0.717) is 16.8 Å². The molecule has 3 heterocycles. The van der Waals surface area contributed by atoms with Crippen LogP contribution in [0.4, 0.5) is 5.69 Å². The van der Waals surface area contributed by atoms with Gasteiger partial charge in [-0.15, -0.1) is 11.3 Å². The summed E-state index contributed by atoms with van der Waals surface area (Å²) in [5.74, 6) is 0. The van der Waals surface area contributed by atoms with Gasteiger partial charge in [0, 0.05) is 22.0 Å². The molecule has 0 saturated carbocycles. The van der Waals surface area contributed by atoms with Gasteiger partial charge in [0.25, 0.3) is 0 Å². The Labute approximate surface area is 163 Å². The molecule has 5 atom stereocenters. The van der Waals surface area contributed by atoms with E-state index in [-0.39, 0.29) is 0 Å². The summed E-state index contributed by atoms with van der Waals surface area (Å²) in [6, 6.07) is 9.42. The summed E-state index contributed by atoms with van der Waals surface area (Å²) in [5, 5.41) is 44.9. The summed E-state index contributed by atoms with van der Waals surface area (Å²) in [7, 11) is 0. The number of fused-ring (bicyclic) bond motifs is 1. The van der Waals surface area contributed by atoms with Gasteiger partial charge in [-0.2, -0.15) is 0 Å². The van der Waals surface area contributed by atoms with Gasteiger partial charge < -0.3 is 34.9 Å². The lowest BCUT2D eigenvalue weighted by atomic mass is 9.97. The van der Waals surface area contributed by atoms with Crippen molar-refractivity contribution < 1.29 is 29.6 Å². The van der Waals surface area contributed by atoms with E-state index in [4.69, 9.17) is 14.3 Å². The van der Waals surface area contributed by atoms with E-state index in [1.54, 1.807) is 24.3 Å². The first-order valence-electron chi connectivity index (χ1n) is 8.67. The summed E-state index contributed by atoms with van der Waals surface area (Å²) < 4.78 is 10.6. The summed E-state index contributed by atoms with van der Waals surface area (Å²) in [6.07, 6.45) is -5.25. The SMILES string of the molecule is O=c1oc2cc(NC3[C@@H](O)OC(CO)[C@H](O)[C@H]3O)ccc2cc1-c1cccs1. The minimum absolute atomic E-state index is 0.338. The van der Waals surface area contributed by atoms with Gasteiger partial charge in [0.15, 0.2) is 6.29 Å². The molecule has 0 amide bonds. The van der Waals surface area contributed by atoms with Crippen molar-refractivity contribution in [3.63, 3.8) is 0 Å². The van der Waals surface area contributed by atoms with Crippen LogP contribution in [0.5, 0.6) is 0 Å². The van der Waals surface area contributed by atoms with E-state index in [1.807, 2.05) is 17.5 Å². The maximum absolute atomic E-state index is 12.3. The van der Waals surface area contributed by atoms with E-state index >= 15 is 0 Å². The van der Waals surface area contributed by atoms with E-state index in [0.717, 1.165) is 10.3 Å². The van der Waals surface area contributed by atoms with Crippen molar-refractivity contribution in [1.29, 1.82) is 0 Å². The molecule has 0 spiro atoms. The van der Waals surface area contributed by atoms with Gasteiger partial charge in [0.2, 0.25) is 0 Å². The number of hydrogen-bond acceptors (Lipinski definition) is 9.